The number of nitrogens with one attached hydrogen (secondary N) is 1. The Morgan fingerprint density at radius 1 is 1.19 bits per heavy atom. The van der Waals surface area contributed by atoms with Crippen LogP contribution >= 0.6 is 0 Å². The molecular formula is C18H27N3O5S. The van der Waals surface area contributed by atoms with Crippen molar-refractivity contribution in [3.63, 3.8) is 0 Å². The van der Waals surface area contributed by atoms with E-state index in [1.54, 1.807) is 4.90 Å². The highest BCUT2D eigenvalue weighted by Crippen LogP contribution is 2.38. The van der Waals surface area contributed by atoms with Gasteiger partial charge in [0.25, 0.3) is 5.91 Å². The summed E-state index contributed by atoms with van der Waals surface area (Å²) in [6.45, 7) is 1.68. The highest BCUT2D eigenvalue weighted by molar-refractivity contribution is 7.91. The Morgan fingerprint density at radius 3 is 2.52 bits per heavy atom. The molecule has 2 saturated carbocycles. The van der Waals surface area contributed by atoms with Gasteiger partial charge in [0.1, 0.15) is 12.1 Å². The SMILES string of the molecule is C[C@@H]1CCCC[C@@]12NC(=O)N(CC(=O)N(C1CC1)[C@@H]1CCS(=O)(=O)C1)C2=O. The zero-order valence-corrected chi connectivity index (χ0v) is 16.5. The van der Waals surface area contributed by atoms with Crippen LogP contribution in [0.4, 0.5) is 4.79 Å². The number of carbonyl (C=O) groups excluding carboxylic acids is 3. The Kier molecular flexibility index (Phi) is 4.48. The molecule has 4 rings (SSSR count). The molecular weight excluding hydrogens is 370 g/mol. The van der Waals surface area contributed by atoms with Gasteiger partial charge >= 0.3 is 6.03 Å². The van der Waals surface area contributed by atoms with Crippen molar-refractivity contribution in [3.8, 4) is 0 Å². The number of nitrogens with zero attached hydrogens (tertiary/aromatic N) is 2. The summed E-state index contributed by atoms with van der Waals surface area (Å²) in [6, 6.07) is -0.797. The minimum Gasteiger partial charge on any atom is -0.334 e. The van der Waals surface area contributed by atoms with Crippen molar-refractivity contribution in [1.82, 2.24) is 15.1 Å². The van der Waals surface area contributed by atoms with Gasteiger partial charge in [0.05, 0.1) is 11.5 Å². The van der Waals surface area contributed by atoms with Gasteiger partial charge in [-0.1, -0.05) is 19.8 Å². The van der Waals surface area contributed by atoms with E-state index in [0.29, 0.717) is 12.8 Å². The first-order valence-corrected chi connectivity index (χ1v) is 11.7. The molecule has 1 N–H and O–H groups in total. The maximum absolute atomic E-state index is 13.0. The van der Waals surface area contributed by atoms with Gasteiger partial charge in [-0.05, 0) is 38.0 Å². The molecule has 4 amide bonds. The van der Waals surface area contributed by atoms with Gasteiger partial charge in [0, 0.05) is 12.1 Å². The van der Waals surface area contributed by atoms with E-state index in [2.05, 4.69) is 5.32 Å². The van der Waals surface area contributed by atoms with Gasteiger partial charge in [0.2, 0.25) is 5.91 Å². The van der Waals surface area contributed by atoms with Crippen LogP contribution in [0.15, 0.2) is 0 Å². The first-order chi connectivity index (χ1) is 12.7. The van der Waals surface area contributed by atoms with E-state index < -0.39 is 21.4 Å². The minimum absolute atomic E-state index is 0.0175. The molecule has 8 nitrogen and oxygen atoms in total. The molecule has 0 aromatic heterocycles. The molecule has 2 aliphatic carbocycles. The molecule has 0 radical (unpaired) electrons. The van der Waals surface area contributed by atoms with Crippen LogP contribution in [-0.2, 0) is 19.4 Å². The van der Waals surface area contributed by atoms with Crippen molar-refractivity contribution in [2.24, 2.45) is 5.92 Å². The number of rotatable bonds is 4. The van der Waals surface area contributed by atoms with Crippen LogP contribution < -0.4 is 5.32 Å². The average molecular weight is 397 g/mol. The lowest BCUT2D eigenvalue weighted by Crippen LogP contribution is -2.54. The maximum Gasteiger partial charge on any atom is 0.325 e. The molecule has 9 heteroatoms. The fourth-order valence-electron chi connectivity index (χ4n) is 4.91. The Morgan fingerprint density at radius 2 is 1.93 bits per heavy atom. The summed E-state index contributed by atoms with van der Waals surface area (Å²) in [5, 5.41) is 2.86. The monoisotopic (exact) mass is 397 g/mol. The lowest BCUT2D eigenvalue weighted by molar-refractivity contribution is -0.141. The summed E-state index contributed by atoms with van der Waals surface area (Å²) in [6.07, 6.45) is 5.54. The van der Waals surface area contributed by atoms with Gasteiger partial charge in [-0.25, -0.2) is 13.2 Å². The number of hydrogen-bond donors (Lipinski definition) is 1. The third-order valence-corrected chi connectivity index (χ3v) is 8.38. The Hall–Kier alpha value is -1.64. The van der Waals surface area contributed by atoms with Crippen molar-refractivity contribution >= 4 is 27.7 Å². The summed E-state index contributed by atoms with van der Waals surface area (Å²) in [5.41, 5.74) is -0.878. The quantitative estimate of drug-likeness (QED) is 0.702. The first kappa shape index (κ1) is 18.7. The topological polar surface area (TPSA) is 104 Å². The summed E-state index contributed by atoms with van der Waals surface area (Å²) >= 11 is 0. The molecule has 150 valence electrons. The van der Waals surface area contributed by atoms with Crippen molar-refractivity contribution in [3.05, 3.63) is 0 Å². The predicted octanol–water partition coefficient (Wildman–Crippen LogP) is 0.665. The van der Waals surface area contributed by atoms with Crippen molar-refractivity contribution < 1.29 is 22.8 Å². The number of amides is 4. The molecule has 0 aromatic rings. The Balaban J connectivity index is 1.50. The van der Waals surface area contributed by atoms with E-state index in [9.17, 15) is 22.8 Å². The molecule has 4 aliphatic rings. The number of sulfone groups is 1. The van der Waals surface area contributed by atoms with Crippen LogP contribution in [0.2, 0.25) is 0 Å². The van der Waals surface area contributed by atoms with E-state index >= 15 is 0 Å². The van der Waals surface area contributed by atoms with Crippen LogP contribution in [0, 0.1) is 5.92 Å². The minimum atomic E-state index is -3.11. The van der Waals surface area contributed by atoms with E-state index in [1.165, 1.54) is 0 Å². The fourth-order valence-corrected chi connectivity index (χ4v) is 6.62. The standard InChI is InChI=1S/C18H27N3O5S/c1-12-4-2-3-8-18(12)16(23)20(17(24)19-18)10-15(22)21(13-5-6-13)14-7-9-27(25,26)11-14/h12-14H,2-11H2,1H3,(H,19,24)/t12-,14-,18-/m1/s1. The number of carbonyl (C=O) groups is 3. The van der Waals surface area contributed by atoms with Crippen LogP contribution in [0.3, 0.4) is 0 Å². The van der Waals surface area contributed by atoms with Crippen molar-refractivity contribution in [2.45, 2.75) is 69.5 Å². The first-order valence-electron chi connectivity index (χ1n) is 9.89. The highest BCUT2D eigenvalue weighted by Gasteiger charge is 2.55. The van der Waals surface area contributed by atoms with Crippen molar-refractivity contribution in [2.75, 3.05) is 18.1 Å². The number of imide groups is 1. The smallest absolute Gasteiger partial charge is 0.325 e. The van der Waals surface area contributed by atoms with Gasteiger partial charge in [-0.3, -0.25) is 14.5 Å². The molecule has 4 fully saturated rings. The van der Waals surface area contributed by atoms with Crippen LogP contribution in [0.1, 0.15) is 51.9 Å². The molecule has 0 aromatic carbocycles. The summed E-state index contributed by atoms with van der Waals surface area (Å²) < 4.78 is 23.7. The third-order valence-electron chi connectivity index (χ3n) is 6.62. The second-order valence-electron chi connectivity index (χ2n) is 8.53. The summed E-state index contributed by atoms with van der Waals surface area (Å²) in [5.74, 6) is -0.498. The van der Waals surface area contributed by atoms with Crippen LogP contribution in [-0.4, -0.2) is 71.7 Å². The van der Waals surface area contributed by atoms with E-state index in [1.807, 2.05) is 6.92 Å². The molecule has 1 spiro atoms. The number of urea groups is 1. The van der Waals surface area contributed by atoms with Crippen LogP contribution in [0.5, 0.6) is 0 Å². The molecule has 0 unspecified atom stereocenters. The number of hydrogen-bond acceptors (Lipinski definition) is 5. The second-order valence-corrected chi connectivity index (χ2v) is 10.8. The summed E-state index contributed by atoms with van der Waals surface area (Å²) in [4.78, 5) is 41.2. The van der Waals surface area contributed by atoms with Gasteiger partial charge in [0.15, 0.2) is 9.84 Å². The lowest BCUT2D eigenvalue weighted by Gasteiger charge is -2.37. The molecule has 2 saturated heterocycles. The third kappa shape index (κ3) is 3.23. The maximum atomic E-state index is 13.0. The second kappa shape index (κ2) is 6.46. The fraction of sp³-hybridized carbons (Fsp3) is 0.833. The van der Waals surface area contributed by atoms with Gasteiger partial charge < -0.3 is 10.2 Å². The normalized spacial score (nSPS) is 35.5. The molecule has 0 bridgehead atoms. The largest absolute Gasteiger partial charge is 0.334 e. The van der Waals surface area contributed by atoms with Gasteiger partial charge in [-0.15, -0.1) is 0 Å². The Bertz CT molecular complexity index is 778. The average Bonchev–Trinajstić information content (AvgIpc) is 3.32. The predicted molar refractivity (Wildman–Crippen MR) is 97.5 cm³/mol. The van der Waals surface area contributed by atoms with E-state index in [4.69, 9.17) is 0 Å². The van der Waals surface area contributed by atoms with Crippen molar-refractivity contribution in [1.29, 1.82) is 0 Å². The molecule has 2 heterocycles. The lowest BCUT2D eigenvalue weighted by atomic mass is 9.73. The zero-order valence-electron chi connectivity index (χ0n) is 15.6. The molecule has 27 heavy (non-hydrogen) atoms. The highest BCUT2D eigenvalue weighted by atomic mass is 32.2. The van der Waals surface area contributed by atoms with Crippen LogP contribution in [0.25, 0.3) is 0 Å². The van der Waals surface area contributed by atoms with E-state index in [0.717, 1.165) is 37.0 Å². The molecule has 3 atom stereocenters. The molecule has 2 aliphatic heterocycles. The Labute approximate surface area is 159 Å². The van der Waals surface area contributed by atoms with Gasteiger partial charge in [-0.2, -0.15) is 0 Å². The summed E-state index contributed by atoms with van der Waals surface area (Å²) in [7, 11) is -3.11. The van der Waals surface area contributed by atoms with E-state index in [-0.39, 0.29) is 47.9 Å². The zero-order chi connectivity index (χ0) is 19.4.